The lowest BCUT2D eigenvalue weighted by molar-refractivity contribution is 0.0989. The van der Waals surface area contributed by atoms with E-state index in [4.69, 9.17) is 0 Å². The number of dihydropyridines is 1. The largest absolute Gasteiger partial charge is 0.312 e. The van der Waals surface area contributed by atoms with Crippen molar-refractivity contribution in [2.24, 2.45) is 9.98 Å². The fraction of sp³-hybridized carbons (Fsp3) is 0.111. The second-order valence-corrected chi connectivity index (χ2v) is 3.07. The molecule has 0 radical (unpaired) electrons. The van der Waals surface area contributed by atoms with E-state index in [2.05, 4.69) is 15.0 Å². The molecule has 1 unspecified atom stereocenters. The van der Waals surface area contributed by atoms with E-state index in [0.717, 1.165) is 0 Å². The number of hydrogen-bond donors (Lipinski definition) is 0. The predicted octanol–water partition coefficient (Wildman–Crippen LogP) is 0.617. The Labute approximate surface area is 79.5 Å². The maximum atomic E-state index is 11.5. The number of rotatable bonds is 0. The predicted molar refractivity (Wildman–Crippen MR) is 50.7 cm³/mol. The number of carbonyl (C=O) groups excluding carboxylic acids is 1. The number of aromatic nitrogens is 2. The number of amidine groups is 1. The van der Waals surface area contributed by atoms with Gasteiger partial charge in [-0.3, -0.25) is 4.79 Å². The molecule has 0 saturated carbocycles. The molecular formula is C9H6N4O. The van der Waals surface area contributed by atoms with Gasteiger partial charge in [-0.25, -0.2) is 9.98 Å². The minimum Gasteiger partial charge on any atom is -0.312 e. The number of fused-ring (bicyclic) bond motifs is 3. The van der Waals surface area contributed by atoms with Crippen molar-refractivity contribution < 1.29 is 4.79 Å². The molecule has 0 fully saturated rings. The summed E-state index contributed by atoms with van der Waals surface area (Å²) in [6.07, 6.45) is 8.55. The van der Waals surface area contributed by atoms with Gasteiger partial charge in [0.25, 0.3) is 5.91 Å². The van der Waals surface area contributed by atoms with Crippen LogP contribution in [0.15, 0.2) is 34.7 Å². The summed E-state index contributed by atoms with van der Waals surface area (Å²) < 4.78 is 1.78. The molecule has 14 heavy (non-hydrogen) atoms. The first-order chi connectivity index (χ1) is 6.86. The fourth-order valence-electron chi connectivity index (χ4n) is 1.60. The van der Waals surface area contributed by atoms with E-state index >= 15 is 0 Å². The Morgan fingerprint density at radius 1 is 1.43 bits per heavy atom. The summed E-state index contributed by atoms with van der Waals surface area (Å²) in [6, 6.07) is -0.0739. The lowest BCUT2D eigenvalue weighted by Gasteiger charge is -2.21. The SMILES string of the molecule is O=C1N=C2N=CC=CC2n2cncc21. The van der Waals surface area contributed by atoms with Gasteiger partial charge in [0.2, 0.25) is 0 Å². The Morgan fingerprint density at radius 3 is 3.29 bits per heavy atom. The minimum absolute atomic E-state index is 0.0739. The lowest BCUT2D eigenvalue weighted by Crippen LogP contribution is -2.26. The molecular weight excluding hydrogens is 180 g/mol. The van der Waals surface area contributed by atoms with Crippen LogP contribution in [-0.4, -0.2) is 27.5 Å². The van der Waals surface area contributed by atoms with Crippen molar-refractivity contribution in [2.75, 3.05) is 0 Å². The summed E-state index contributed by atoms with van der Waals surface area (Å²) in [7, 11) is 0. The molecule has 5 nitrogen and oxygen atoms in total. The highest BCUT2D eigenvalue weighted by molar-refractivity contribution is 6.10. The molecule has 1 atom stereocenters. The summed E-state index contributed by atoms with van der Waals surface area (Å²) in [5.41, 5.74) is 0.514. The Balaban J connectivity index is 2.23. The smallest absolute Gasteiger partial charge is 0.297 e. The van der Waals surface area contributed by atoms with E-state index in [1.165, 1.54) is 6.20 Å². The number of carbonyl (C=O) groups is 1. The average Bonchev–Trinajstić information content (AvgIpc) is 2.67. The van der Waals surface area contributed by atoms with Gasteiger partial charge in [0.1, 0.15) is 11.7 Å². The van der Waals surface area contributed by atoms with Crippen molar-refractivity contribution in [3.05, 3.63) is 30.4 Å². The third-order valence-corrected chi connectivity index (χ3v) is 2.25. The molecule has 1 amide bonds. The monoisotopic (exact) mass is 186 g/mol. The summed E-state index contributed by atoms with van der Waals surface area (Å²) in [4.78, 5) is 23.3. The minimum atomic E-state index is -0.277. The summed E-state index contributed by atoms with van der Waals surface area (Å²) in [5, 5.41) is 0. The van der Waals surface area contributed by atoms with Crippen LogP contribution in [0.4, 0.5) is 0 Å². The second-order valence-electron chi connectivity index (χ2n) is 3.07. The van der Waals surface area contributed by atoms with Gasteiger partial charge in [-0.2, -0.15) is 4.99 Å². The highest BCUT2D eigenvalue weighted by atomic mass is 16.1. The fourth-order valence-corrected chi connectivity index (χ4v) is 1.60. The zero-order valence-electron chi connectivity index (χ0n) is 7.16. The van der Waals surface area contributed by atoms with Gasteiger partial charge in [-0.05, 0) is 6.08 Å². The molecule has 1 aromatic heterocycles. The van der Waals surface area contributed by atoms with E-state index in [-0.39, 0.29) is 11.9 Å². The lowest BCUT2D eigenvalue weighted by atomic mass is 10.1. The maximum Gasteiger partial charge on any atom is 0.297 e. The van der Waals surface area contributed by atoms with Crippen LogP contribution >= 0.6 is 0 Å². The molecule has 1 aromatic rings. The van der Waals surface area contributed by atoms with Crippen molar-refractivity contribution in [3.63, 3.8) is 0 Å². The molecule has 2 aliphatic rings. The van der Waals surface area contributed by atoms with Gasteiger partial charge in [0, 0.05) is 6.21 Å². The number of nitrogens with zero attached hydrogens (tertiary/aromatic N) is 4. The Hall–Kier alpha value is -2.04. The summed E-state index contributed by atoms with van der Waals surface area (Å²) in [6.45, 7) is 0. The van der Waals surface area contributed by atoms with Gasteiger partial charge in [-0.15, -0.1) is 0 Å². The number of imidazole rings is 1. The van der Waals surface area contributed by atoms with Crippen molar-refractivity contribution in [1.29, 1.82) is 0 Å². The molecule has 3 heterocycles. The average molecular weight is 186 g/mol. The van der Waals surface area contributed by atoms with Gasteiger partial charge in [0.15, 0.2) is 5.84 Å². The van der Waals surface area contributed by atoms with Crippen LogP contribution < -0.4 is 0 Å². The second kappa shape index (κ2) is 2.47. The first-order valence-electron chi connectivity index (χ1n) is 4.22. The highest BCUT2D eigenvalue weighted by Crippen LogP contribution is 2.22. The van der Waals surface area contributed by atoms with Gasteiger partial charge >= 0.3 is 0 Å². The van der Waals surface area contributed by atoms with E-state index < -0.39 is 0 Å². The standard InChI is InChI=1S/C9H6N4O/c14-9-7-4-10-5-13(7)6-2-1-3-11-8(6)12-9/h1-6H. The van der Waals surface area contributed by atoms with E-state index in [9.17, 15) is 4.79 Å². The maximum absolute atomic E-state index is 11.5. The third kappa shape index (κ3) is 0.834. The molecule has 0 aromatic carbocycles. The van der Waals surface area contributed by atoms with Gasteiger partial charge in [0.05, 0.1) is 12.5 Å². The Kier molecular flexibility index (Phi) is 1.30. The van der Waals surface area contributed by atoms with Gasteiger partial charge in [-0.1, -0.05) is 6.08 Å². The third-order valence-electron chi connectivity index (χ3n) is 2.25. The first kappa shape index (κ1) is 7.37. The Morgan fingerprint density at radius 2 is 2.36 bits per heavy atom. The molecule has 0 saturated heterocycles. The molecule has 0 spiro atoms. The molecule has 5 heteroatoms. The van der Waals surface area contributed by atoms with Crippen LogP contribution in [0, 0.1) is 0 Å². The number of amides is 1. The van der Waals surface area contributed by atoms with Gasteiger partial charge < -0.3 is 4.57 Å². The van der Waals surface area contributed by atoms with Crippen molar-refractivity contribution in [3.8, 4) is 0 Å². The zero-order valence-corrected chi connectivity index (χ0v) is 7.16. The molecule has 3 rings (SSSR count). The van der Waals surface area contributed by atoms with E-state index in [1.54, 1.807) is 17.1 Å². The van der Waals surface area contributed by atoms with Crippen LogP contribution in [0.3, 0.4) is 0 Å². The first-order valence-corrected chi connectivity index (χ1v) is 4.22. The summed E-state index contributed by atoms with van der Waals surface area (Å²) in [5.74, 6) is 0.254. The highest BCUT2D eigenvalue weighted by Gasteiger charge is 2.27. The van der Waals surface area contributed by atoms with Crippen LogP contribution in [0.5, 0.6) is 0 Å². The molecule has 2 aliphatic heterocycles. The van der Waals surface area contributed by atoms with Crippen LogP contribution in [0.2, 0.25) is 0 Å². The quantitative estimate of drug-likeness (QED) is 0.596. The number of aliphatic imine (C=N–C) groups is 2. The molecule has 0 N–H and O–H groups in total. The number of hydrogen-bond acceptors (Lipinski definition) is 3. The Bertz CT molecular complexity index is 495. The van der Waals surface area contributed by atoms with Crippen molar-refractivity contribution in [2.45, 2.75) is 6.04 Å². The zero-order chi connectivity index (χ0) is 9.54. The number of allylic oxidation sites excluding steroid dienone is 1. The summed E-state index contributed by atoms with van der Waals surface area (Å²) >= 11 is 0. The molecule has 0 bridgehead atoms. The van der Waals surface area contributed by atoms with Crippen LogP contribution in [-0.2, 0) is 0 Å². The molecule has 68 valence electrons. The van der Waals surface area contributed by atoms with E-state index in [1.807, 2.05) is 12.2 Å². The van der Waals surface area contributed by atoms with Crippen LogP contribution in [0.1, 0.15) is 16.5 Å². The molecule has 0 aliphatic carbocycles. The van der Waals surface area contributed by atoms with E-state index in [0.29, 0.717) is 11.5 Å². The topological polar surface area (TPSA) is 59.6 Å². The van der Waals surface area contributed by atoms with Crippen molar-refractivity contribution in [1.82, 2.24) is 9.55 Å². The van der Waals surface area contributed by atoms with Crippen molar-refractivity contribution >= 4 is 18.0 Å². The van der Waals surface area contributed by atoms with Crippen LogP contribution in [0.25, 0.3) is 0 Å². The normalized spacial score (nSPS) is 23.0.